The SMILES string of the molecule is CCOc1cccc(CNCCO)c1OCc1ccc(Cl)cc1.[Cl-]. The van der Waals surface area contributed by atoms with E-state index in [4.69, 9.17) is 26.2 Å². The highest BCUT2D eigenvalue weighted by atomic mass is 35.5. The van der Waals surface area contributed by atoms with Crippen molar-refractivity contribution in [3.05, 3.63) is 58.6 Å². The first kappa shape index (κ1) is 20.6. The Balaban J connectivity index is 0.00000288. The highest BCUT2D eigenvalue weighted by Gasteiger charge is 2.11. The zero-order chi connectivity index (χ0) is 16.5. The Morgan fingerprint density at radius 2 is 1.83 bits per heavy atom. The van der Waals surface area contributed by atoms with Crippen LogP contribution in [0.4, 0.5) is 0 Å². The fraction of sp³-hybridized carbons (Fsp3) is 0.333. The van der Waals surface area contributed by atoms with Crippen LogP contribution in [-0.4, -0.2) is 24.9 Å². The summed E-state index contributed by atoms with van der Waals surface area (Å²) in [6.45, 7) is 4.21. The number of aliphatic hydroxyl groups is 1. The van der Waals surface area contributed by atoms with Gasteiger partial charge < -0.3 is 32.3 Å². The van der Waals surface area contributed by atoms with E-state index in [0.717, 1.165) is 22.6 Å². The number of aliphatic hydroxyl groups excluding tert-OH is 1. The lowest BCUT2D eigenvalue weighted by molar-refractivity contribution is -0.00000643. The molecule has 2 aromatic carbocycles. The van der Waals surface area contributed by atoms with E-state index in [-0.39, 0.29) is 19.0 Å². The van der Waals surface area contributed by atoms with Gasteiger partial charge in [-0.3, -0.25) is 0 Å². The molecule has 0 aliphatic carbocycles. The average Bonchev–Trinajstić information content (AvgIpc) is 2.56. The van der Waals surface area contributed by atoms with Gasteiger partial charge in [0.25, 0.3) is 0 Å². The Kier molecular flexibility index (Phi) is 9.57. The van der Waals surface area contributed by atoms with E-state index >= 15 is 0 Å². The summed E-state index contributed by atoms with van der Waals surface area (Å²) in [6, 6.07) is 13.4. The maximum atomic E-state index is 8.90. The molecule has 0 atom stereocenters. The number of nitrogens with one attached hydrogen (secondary N) is 1. The van der Waals surface area contributed by atoms with Gasteiger partial charge in [-0.05, 0) is 30.7 Å². The third-order valence-electron chi connectivity index (χ3n) is 3.26. The molecule has 2 N–H and O–H groups in total. The number of benzene rings is 2. The van der Waals surface area contributed by atoms with Crippen LogP contribution < -0.4 is 27.2 Å². The molecule has 0 amide bonds. The first-order valence-corrected chi connectivity index (χ1v) is 8.06. The summed E-state index contributed by atoms with van der Waals surface area (Å²) < 4.78 is 11.7. The summed E-state index contributed by atoms with van der Waals surface area (Å²) in [5, 5.41) is 12.8. The minimum Gasteiger partial charge on any atom is -1.00 e. The molecular weight excluding hydrogens is 349 g/mol. The largest absolute Gasteiger partial charge is 1.00 e. The molecule has 0 saturated heterocycles. The van der Waals surface area contributed by atoms with E-state index in [1.54, 1.807) is 0 Å². The Hall–Kier alpha value is -1.46. The second-order valence-corrected chi connectivity index (χ2v) is 5.43. The van der Waals surface area contributed by atoms with Crippen LogP contribution in [0, 0.1) is 0 Å². The van der Waals surface area contributed by atoms with Gasteiger partial charge in [0.1, 0.15) is 6.61 Å². The number of hydrogen-bond acceptors (Lipinski definition) is 4. The first-order valence-electron chi connectivity index (χ1n) is 7.68. The van der Waals surface area contributed by atoms with Crippen molar-refractivity contribution in [2.24, 2.45) is 0 Å². The van der Waals surface area contributed by atoms with Crippen molar-refractivity contribution in [2.75, 3.05) is 19.8 Å². The minimum atomic E-state index is 0. The van der Waals surface area contributed by atoms with Crippen molar-refractivity contribution in [3.63, 3.8) is 0 Å². The molecule has 132 valence electrons. The van der Waals surface area contributed by atoms with E-state index in [1.165, 1.54) is 0 Å². The molecule has 6 heteroatoms. The van der Waals surface area contributed by atoms with E-state index in [1.807, 2.05) is 49.4 Å². The van der Waals surface area contributed by atoms with Crippen molar-refractivity contribution in [1.82, 2.24) is 5.32 Å². The maximum Gasteiger partial charge on any atom is 0.166 e. The molecule has 0 radical (unpaired) electrons. The van der Waals surface area contributed by atoms with Gasteiger partial charge in [-0.25, -0.2) is 0 Å². The summed E-state index contributed by atoms with van der Waals surface area (Å²) in [5.74, 6) is 1.46. The molecule has 0 heterocycles. The molecule has 0 aliphatic heterocycles. The molecule has 4 nitrogen and oxygen atoms in total. The Labute approximate surface area is 154 Å². The number of para-hydroxylation sites is 1. The van der Waals surface area contributed by atoms with Gasteiger partial charge in [0, 0.05) is 23.7 Å². The Morgan fingerprint density at radius 3 is 2.50 bits per heavy atom. The van der Waals surface area contributed by atoms with Crippen molar-refractivity contribution in [3.8, 4) is 11.5 Å². The Bertz CT molecular complexity index is 606. The zero-order valence-corrected chi connectivity index (χ0v) is 15.1. The second-order valence-electron chi connectivity index (χ2n) is 4.99. The number of halogens is 2. The highest BCUT2D eigenvalue weighted by molar-refractivity contribution is 6.30. The molecule has 0 fully saturated rings. The van der Waals surface area contributed by atoms with E-state index in [2.05, 4.69) is 5.32 Å². The van der Waals surface area contributed by atoms with E-state index in [9.17, 15) is 0 Å². The lowest BCUT2D eigenvalue weighted by atomic mass is 10.1. The molecule has 2 rings (SSSR count). The lowest BCUT2D eigenvalue weighted by Gasteiger charge is -2.16. The first-order chi connectivity index (χ1) is 11.2. The summed E-state index contributed by atoms with van der Waals surface area (Å²) >= 11 is 5.90. The van der Waals surface area contributed by atoms with Gasteiger partial charge in [-0.2, -0.15) is 0 Å². The van der Waals surface area contributed by atoms with Crippen LogP contribution in [0.2, 0.25) is 5.02 Å². The van der Waals surface area contributed by atoms with Crippen LogP contribution in [0.15, 0.2) is 42.5 Å². The molecule has 24 heavy (non-hydrogen) atoms. The van der Waals surface area contributed by atoms with Crippen molar-refractivity contribution >= 4 is 11.6 Å². The number of hydrogen-bond donors (Lipinski definition) is 2. The number of ether oxygens (including phenoxy) is 2. The van der Waals surface area contributed by atoms with Gasteiger partial charge in [0.2, 0.25) is 0 Å². The molecule has 0 bridgehead atoms. The summed E-state index contributed by atoms with van der Waals surface area (Å²) in [4.78, 5) is 0. The number of rotatable bonds is 9. The molecule has 0 aromatic heterocycles. The van der Waals surface area contributed by atoms with Crippen molar-refractivity contribution < 1.29 is 27.0 Å². The zero-order valence-electron chi connectivity index (χ0n) is 13.6. The van der Waals surface area contributed by atoms with Crippen LogP contribution in [-0.2, 0) is 13.2 Å². The van der Waals surface area contributed by atoms with E-state index < -0.39 is 0 Å². The monoisotopic (exact) mass is 370 g/mol. The smallest absolute Gasteiger partial charge is 0.166 e. The van der Waals surface area contributed by atoms with Crippen molar-refractivity contribution in [1.29, 1.82) is 0 Å². The molecule has 0 spiro atoms. The van der Waals surface area contributed by atoms with Crippen LogP contribution in [0.3, 0.4) is 0 Å². The van der Waals surface area contributed by atoms with Crippen LogP contribution >= 0.6 is 11.6 Å². The summed E-state index contributed by atoms with van der Waals surface area (Å²) in [6.07, 6.45) is 0. The van der Waals surface area contributed by atoms with Gasteiger partial charge in [0.15, 0.2) is 11.5 Å². The van der Waals surface area contributed by atoms with Gasteiger partial charge in [0.05, 0.1) is 13.2 Å². The summed E-state index contributed by atoms with van der Waals surface area (Å²) in [7, 11) is 0. The van der Waals surface area contributed by atoms with Gasteiger partial charge in [-0.15, -0.1) is 0 Å². The van der Waals surface area contributed by atoms with Crippen LogP contribution in [0.25, 0.3) is 0 Å². The normalized spacial score (nSPS) is 10.1. The molecule has 2 aromatic rings. The predicted octanol–water partition coefficient (Wildman–Crippen LogP) is 0.404. The van der Waals surface area contributed by atoms with Crippen molar-refractivity contribution in [2.45, 2.75) is 20.1 Å². The highest BCUT2D eigenvalue weighted by Crippen LogP contribution is 2.32. The lowest BCUT2D eigenvalue weighted by Crippen LogP contribution is -3.00. The topological polar surface area (TPSA) is 50.7 Å². The second kappa shape index (κ2) is 11.2. The third kappa shape index (κ3) is 6.21. The fourth-order valence-electron chi connectivity index (χ4n) is 2.17. The van der Waals surface area contributed by atoms with Gasteiger partial charge in [-0.1, -0.05) is 35.9 Å². The maximum absolute atomic E-state index is 8.90. The third-order valence-corrected chi connectivity index (χ3v) is 3.51. The quantitative estimate of drug-likeness (QED) is 0.627. The van der Waals surface area contributed by atoms with Crippen LogP contribution in [0.5, 0.6) is 11.5 Å². The average molecular weight is 371 g/mol. The predicted molar refractivity (Wildman–Crippen MR) is 92.2 cm³/mol. The fourth-order valence-corrected chi connectivity index (χ4v) is 2.30. The minimum absolute atomic E-state index is 0. The molecular formula is C18H22Cl2NO3-. The standard InChI is InChI=1S/C18H22ClNO3.ClH/c1-2-22-17-5-3-4-15(12-20-10-11-21)18(17)23-13-14-6-8-16(19)9-7-14;/h3-9,20-21H,2,10-13H2,1H3;1H/p-1. The molecule has 0 saturated carbocycles. The van der Waals surface area contributed by atoms with Gasteiger partial charge >= 0.3 is 0 Å². The van der Waals surface area contributed by atoms with Crippen LogP contribution in [0.1, 0.15) is 18.1 Å². The molecule has 0 unspecified atom stereocenters. The summed E-state index contributed by atoms with van der Waals surface area (Å²) in [5.41, 5.74) is 2.04. The molecule has 0 aliphatic rings. The Morgan fingerprint density at radius 1 is 1.08 bits per heavy atom. The van der Waals surface area contributed by atoms with E-state index in [0.29, 0.717) is 31.3 Å².